The molecule has 5 rings (SSSR count). The summed E-state index contributed by atoms with van der Waals surface area (Å²) in [6.45, 7) is 4.40. The lowest BCUT2D eigenvalue weighted by molar-refractivity contribution is 0.0621. The van der Waals surface area contributed by atoms with E-state index in [4.69, 9.17) is 16.3 Å². The molecular formula is C24H22ClN3O4. The molecule has 3 aromatic rings. The van der Waals surface area contributed by atoms with Gasteiger partial charge < -0.3 is 14.7 Å². The predicted molar refractivity (Wildman–Crippen MR) is 121 cm³/mol. The van der Waals surface area contributed by atoms with Gasteiger partial charge in [-0.25, -0.2) is 0 Å². The first-order chi connectivity index (χ1) is 15.4. The van der Waals surface area contributed by atoms with Crippen LogP contribution in [0.2, 0.25) is 5.02 Å². The molecule has 8 heteroatoms. The summed E-state index contributed by atoms with van der Waals surface area (Å²) in [5.74, 6) is -0.372. The second-order valence-corrected chi connectivity index (χ2v) is 8.63. The maximum absolute atomic E-state index is 13.2. The van der Waals surface area contributed by atoms with E-state index in [0.717, 1.165) is 16.7 Å². The molecule has 7 nitrogen and oxygen atoms in total. The van der Waals surface area contributed by atoms with Crippen molar-refractivity contribution in [3.8, 4) is 11.5 Å². The smallest absolute Gasteiger partial charge is 0.278 e. The van der Waals surface area contributed by atoms with Gasteiger partial charge in [-0.2, -0.15) is 0 Å². The SMILES string of the molecule is CC(C)N1CN(C2c3ccccc3COc3c(Cl)cccc32)n2ccc(=O)c(O)c2C1=O. The molecule has 1 amide bonds. The van der Waals surface area contributed by atoms with Gasteiger partial charge in [-0.1, -0.05) is 48.0 Å². The molecule has 2 aliphatic heterocycles. The fraction of sp³-hybridized carbons (Fsp3) is 0.250. The molecule has 0 fully saturated rings. The number of carbonyl (C=O) groups is 1. The zero-order valence-corrected chi connectivity index (χ0v) is 18.4. The Bertz CT molecular complexity index is 1290. The van der Waals surface area contributed by atoms with E-state index >= 15 is 0 Å². The van der Waals surface area contributed by atoms with Crippen molar-refractivity contribution >= 4 is 17.5 Å². The number of hydrogen-bond donors (Lipinski definition) is 1. The van der Waals surface area contributed by atoms with Crippen molar-refractivity contribution in [2.45, 2.75) is 32.5 Å². The molecule has 1 unspecified atom stereocenters. The summed E-state index contributed by atoms with van der Waals surface area (Å²) >= 11 is 6.51. The highest BCUT2D eigenvalue weighted by atomic mass is 35.5. The fourth-order valence-electron chi connectivity index (χ4n) is 4.42. The molecule has 1 atom stereocenters. The summed E-state index contributed by atoms with van der Waals surface area (Å²) < 4.78 is 7.68. The molecule has 0 spiro atoms. The third kappa shape index (κ3) is 3.04. The third-order valence-electron chi connectivity index (χ3n) is 6.03. The van der Waals surface area contributed by atoms with Gasteiger partial charge in [0.05, 0.1) is 5.02 Å². The van der Waals surface area contributed by atoms with E-state index in [1.54, 1.807) is 15.6 Å². The number of amides is 1. The minimum Gasteiger partial charge on any atom is -0.502 e. The second kappa shape index (κ2) is 7.60. The van der Waals surface area contributed by atoms with Crippen LogP contribution in [0.1, 0.15) is 47.1 Å². The van der Waals surface area contributed by atoms with Crippen LogP contribution in [0.4, 0.5) is 0 Å². The first-order valence-electron chi connectivity index (χ1n) is 10.4. The van der Waals surface area contributed by atoms with Crippen LogP contribution in [0.3, 0.4) is 0 Å². The van der Waals surface area contributed by atoms with Crippen LogP contribution in [0.5, 0.6) is 11.5 Å². The Morgan fingerprint density at radius 3 is 2.59 bits per heavy atom. The van der Waals surface area contributed by atoms with E-state index in [1.807, 2.05) is 55.3 Å². The third-order valence-corrected chi connectivity index (χ3v) is 6.32. The van der Waals surface area contributed by atoms with Crippen LogP contribution in [0.25, 0.3) is 0 Å². The minimum atomic E-state index is -0.594. The molecule has 0 radical (unpaired) electrons. The second-order valence-electron chi connectivity index (χ2n) is 8.22. The molecule has 0 bridgehead atoms. The number of halogens is 1. The number of nitrogens with zero attached hydrogens (tertiary/aromatic N) is 3. The van der Waals surface area contributed by atoms with Gasteiger partial charge in [-0.05, 0) is 31.0 Å². The number of para-hydroxylation sites is 1. The van der Waals surface area contributed by atoms with Crippen molar-refractivity contribution in [3.05, 3.63) is 92.4 Å². The number of aromatic hydroxyl groups is 1. The number of ether oxygens (including phenoxy) is 1. The van der Waals surface area contributed by atoms with Gasteiger partial charge in [-0.15, -0.1) is 0 Å². The average molecular weight is 452 g/mol. The fourth-order valence-corrected chi connectivity index (χ4v) is 4.66. The van der Waals surface area contributed by atoms with Crippen LogP contribution in [0.15, 0.2) is 59.5 Å². The Morgan fingerprint density at radius 2 is 1.81 bits per heavy atom. The van der Waals surface area contributed by atoms with Crippen LogP contribution >= 0.6 is 11.6 Å². The maximum atomic E-state index is 13.2. The number of pyridine rings is 1. The van der Waals surface area contributed by atoms with E-state index < -0.39 is 17.1 Å². The van der Waals surface area contributed by atoms with Gasteiger partial charge in [0.25, 0.3) is 5.91 Å². The molecule has 1 N–H and O–H groups in total. The van der Waals surface area contributed by atoms with Gasteiger partial charge >= 0.3 is 0 Å². The number of hydrogen-bond acceptors (Lipinski definition) is 5. The summed E-state index contributed by atoms with van der Waals surface area (Å²) in [5, 5.41) is 13.0. The van der Waals surface area contributed by atoms with Gasteiger partial charge in [0, 0.05) is 23.9 Å². The zero-order valence-electron chi connectivity index (χ0n) is 17.7. The number of benzene rings is 2. The van der Waals surface area contributed by atoms with E-state index in [9.17, 15) is 14.7 Å². The molecule has 1 aromatic heterocycles. The van der Waals surface area contributed by atoms with Crippen LogP contribution < -0.4 is 15.2 Å². The van der Waals surface area contributed by atoms with Gasteiger partial charge in [-0.3, -0.25) is 19.3 Å². The lowest BCUT2D eigenvalue weighted by atomic mass is 9.94. The van der Waals surface area contributed by atoms with Crippen LogP contribution in [-0.4, -0.2) is 33.3 Å². The largest absolute Gasteiger partial charge is 0.502 e. The normalized spacial score (nSPS) is 17.4. The van der Waals surface area contributed by atoms with Crippen molar-refractivity contribution in [1.29, 1.82) is 0 Å². The summed E-state index contributed by atoms with van der Waals surface area (Å²) in [7, 11) is 0. The summed E-state index contributed by atoms with van der Waals surface area (Å²) in [5.41, 5.74) is 2.18. The van der Waals surface area contributed by atoms with Crippen molar-refractivity contribution in [3.63, 3.8) is 0 Å². The highest BCUT2D eigenvalue weighted by molar-refractivity contribution is 6.32. The van der Waals surface area contributed by atoms with Crippen molar-refractivity contribution in [2.75, 3.05) is 11.7 Å². The van der Waals surface area contributed by atoms with E-state index in [2.05, 4.69) is 0 Å². The minimum absolute atomic E-state index is 0.0522. The van der Waals surface area contributed by atoms with Crippen LogP contribution in [0, 0.1) is 0 Å². The quantitative estimate of drug-likeness (QED) is 0.643. The Balaban J connectivity index is 1.80. The molecule has 0 aliphatic carbocycles. The van der Waals surface area contributed by atoms with E-state index in [1.165, 1.54) is 12.3 Å². The van der Waals surface area contributed by atoms with Gasteiger partial charge in [0.15, 0.2) is 11.4 Å². The average Bonchev–Trinajstić information content (AvgIpc) is 2.94. The Kier molecular flexibility index (Phi) is 4.86. The first kappa shape index (κ1) is 20.5. The van der Waals surface area contributed by atoms with Crippen molar-refractivity contribution in [2.24, 2.45) is 0 Å². The topological polar surface area (TPSA) is 75.0 Å². The molecule has 164 valence electrons. The van der Waals surface area contributed by atoms with Crippen molar-refractivity contribution < 1.29 is 14.6 Å². The number of carbonyl (C=O) groups excluding carboxylic acids is 1. The summed E-state index contributed by atoms with van der Waals surface area (Å²) in [6, 6.07) is 14.3. The Morgan fingerprint density at radius 1 is 1.06 bits per heavy atom. The highest BCUT2D eigenvalue weighted by Gasteiger charge is 2.39. The molecule has 0 saturated heterocycles. The van der Waals surface area contributed by atoms with Crippen molar-refractivity contribution in [1.82, 2.24) is 9.58 Å². The standard InChI is InChI=1S/C24H22ClN3O4/c1-14(2)26-13-28(27-11-10-19(29)22(30)21(27)24(26)31)20-16-7-4-3-6-15(16)12-32-23-17(20)8-5-9-18(23)25/h3-11,14,20,30H,12-13H2,1-2H3. The molecular weight excluding hydrogens is 430 g/mol. The van der Waals surface area contributed by atoms with E-state index in [0.29, 0.717) is 17.4 Å². The number of aromatic nitrogens is 1. The predicted octanol–water partition coefficient (Wildman–Crippen LogP) is 3.65. The Labute approximate surface area is 190 Å². The number of rotatable bonds is 2. The monoisotopic (exact) mass is 451 g/mol. The molecule has 2 aromatic carbocycles. The van der Waals surface area contributed by atoms with E-state index in [-0.39, 0.29) is 24.4 Å². The van der Waals surface area contributed by atoms with Gasteiger partial charge in [0.1, 0.15) is 25.1 Å². The van der Waals surface area contributed by atoms with Crippen LogP contribution in [-0.2, 0) is 6.61 Å². The lowest BCUT2D eigenvalue weighted by Crippen LogP contribution is -2.57. The maximum Gasteiger partial charge on any atom is 0.278 e. The van der Waals surface area contributed by atoms with Gasteiger partial charge in [0.2, 0.25) is 5.43 Å². The summed E-state index contributed by atoms with van der Waals surface area (Å²) in [6.07, 6.45) is 1.53. The zero-order chi connectivity index (χ0) is 22.6. The Hall–Kier alpha value is -3.45. The molecule has 32 heavy (non-hydrogen) atoms. The molecule has 2 aliphatic rings. The molecule has 0 saturated carbocycles. The lowest BCUT2D eigenvalue weighted by Gasteiger charge is -2.45. The molecule has 3 heterocycles. The number of fused-ring (bicyclic) bond motifs is 3. The highest BCUT2D eigenvalue weighted by Crippen LogP contribution is 2.43. The first-order valence-corrected chi connectivity index (χ1v) is 10.8. The summed E-state index contributed by atoms with van der Waals surface area (Å²) in [4.78, 5) is 27.0.